The molecule has 0 spiro atoms. The molecule has 0 unspecified atom stereocenters. The van der Waals surface area contributed by atoms with Gasteiger partial charge in [-0.25, -0.2) is 8.42 Å². The van der Waals surface area contributed by atoms with E-state index in [0.717, 1.165) is 11.3 Å². The summed E-state index contributed by atoms with van der Waals surface area (Å²) in [6.07, 6.45) is 1.64. The standard InChI is InChI=1S/C15H21N3O2S/c1-4-18-11-15(9-14(18)10-16)21(19,20)17(3)13-7-5-6-12(2)8-13/h5-9,11H,4,10,16H2,1-3H3. The van der Waals surface area contributed by atoms with E-state index in [4.69, 9.17) is 5.73 Å². The van der Waals surface area contributed by atoms with Gasteiger partial charge < -0.3 is 10.3 Å². The number of benzene rings is 1. The summed E-state index contributed by atoms with van der Waals surface area (Å²) in [5, 5.41) is 0. The van der Waals surface area contributed by atoms with Crippen LogP contribution >= 0.6 is 0 Å². The van der Waals surface area contributed by atoms with Gasteiger partial charge in [0.1, 0.15) is 4.90 Å². The number of rotatable bonds is 5. The molecule has 0 aliphatic heterocycles. The van der Waals surface area contributed by atoms with Gasteiger partial charge in [0.15, 0.2) is 0 Å². The van der Waals surface area contributed by atoms with Crippen LogP contribution in [0.25, 0.3) is 0 Å². The van der Waals surface area contributed by atoms with Crippen molar-refractivity contribution in [3.63, 3.8) is 0 Å². The maximum Gasteiger partial charge on any atom is 0.265 e. The molecule has 21 heavy (non-hydrogen) atoms. The van der Waals surface area contributed by atoms with Crippen molar-refractivity contribution in [1.82, 2.24) is 4.57 Å². The monoisotopic (exact) mass is 307 g/mol. The summed E-state index contributed by atoms with van der Waals surface area (Å²) in [4.78, 5) is 0.272. The van der Waals surface area contributed by atoms with Crippen LogP contribution in [0.4, 0.5) is 5.69 Å². The zero-order valence-corrected chi connectivity index (χ0v) is 13.4. The van der Waals surface area contributed by atoms with Crippen LogP contribution in [0.1, 0.15) is 18.2 Å². The van der Waals surface area contributed by atoms with Crippen LogP contribution in [0.5, 0.6) is 0 Å². The van der Waals surface area contributed by atoms with Gasteiger partial charge in [0.2, 0.25) is 0 Å². The van der Waals surface area contributed by atoms with Gasteiger partial charge in [0.05, 0.1) is 5.69 Å². The Morgan fingerprint density at radius 3 is 2.52 bits per heavy atom. The zero-order valence-electron chi connectivity index (χ0n) is 12.6. The van der Waals surface area contributed by atoms with Crippen LogP contribution in [0.2, 0.25) is 0 Å². The smallest absolute Gasteiger partial charge is 0.265 e. The number of hydrogen-bond donors (Lipinski definition) is 1. The molecule has 2 aromatic rings. The quantitative estimate of drug-likeness (QED) is 0.919. The summed E-state index contributed by atoms with van der Waals surface area (Å²) in [6, 6.07) is 9.05. The number of hydrogen-bond acceptors (Lipinski definition) is 3. The van der Waals surface area contributed by atoms with Gasteiger partial charge in [-0.1, -0.05) is 12.1 Å². The number of aryl methyl sites for hydroxylation is 2. The molecular weight excluding hydrogens is 286 g/mol. The lowest BCUT2D eigenvalue weighted by Crippen LogP contribution is -2.26. The molecule has 0 aliphatic rings. The van der Waals surface area contributed by atoms with Gasteiger partial charge in [0.25, 0.3) is 10.0 Å². The molecule has 0 bridgehead atoms. The first-order valence-corrected chi connectivity index (χ1v) is 8.29. The highest BCUT2D eigenvalue weighted by Crippen LogP contribution is 2.24. The number of sulfonamides is 1. The number of anilines is 1. The van der Waals surface area contributed by atoms with Gasteiger partial charge in [-0.15, -0.1) is 0 Å². The molecule has 0 amide bonds. The molecule has 1 heterocycles. The fourth-order valence-corrected chi connectivity index (χ4v) is 3.51. The number of nitrogens with two attached hydrogens (primary N) is 1. The first kappa shape index (κ1) is 15.6. The van der Waals surface area contributed by atoms with Crippen molar-refractivity contribution in [3.05, 3.63) is 47.8 Å². The predicted octanol–water partition coefficient (Wildman–Crippen LogP) is 2.10. The summed E-state index contributed by atoms with van der Waals surface area (Å²) in [6.45, 7) is 4.90. The van der Waals surface area contributed by atoms with Crippen molar-refractivity contribution >= 4 is 15.7 Å². The highest BCUT2D eigenvalue weighted by Gasteiger charge is 2.23. The fourth-order valence-electron chi connectivity index (χ4n) is 2.25. The second kappa shape index (κ2) is 5.91. The van der Waals surface area contributed by atoms with Crippen molar-refractivity contribution in [2.45, 2.75) is 31.8 Å². The fraction of sp³-hybridized carbons (Fsp3) is 0.333. The van der Waals surface area contributed by atoms with E-state index in [2.05, 4.69) is 0 Å². The Morgan fingerprint density at radius 2 is 2.00 bits per heavy atom. The molecule has 5 nitrogen and oxygen atoms in total. The van der Waals surface area contributed by atoms with Gasteiger partial charge in [-0.05, 0) is 37.6 Å². The average Bonchev–Trinajstić information content (AvgIpc) is 2.90. The van der Waals surface area contributed by atoms with E-state index in [9.17, 15) is 8.42 Å². The zero-order chi connectivity index (χ0) is 15.6. The van der Waals surface area contributed by atoms with E-state index in [1.54, 1.807) is 25.4 Å². The molecule has 6 heteroatoms. The molecule has 114 valence electrons. The Bertz CT molecular complexity index is 714. The predicted molar refractivity (Wildman–Crippen MR) is 84.8 cm³/mol. The lowest BCUT2D eigenvalue weighted by atomic mass is 10.2. The van der Waals surface area contributed by atoms with Crippen molar-refractivity contribution < 1.29 is 8.42 Å². The maximum absolute atomic E-state index is 12.7. The average molecular weight is 307 g/mol. The van der Waals surface area contributed by atoms with E-state index in [-0.39, 0.29) is 4.90 Å². The Labute approximate surface area is 126 Å². The Kier molecular flexibility index (Phi) is 4.39. The van der Waals surface area contributed by atoms with Gasteiger partial charge in [-0.2, -0.15) is 0 Å². The molecule has 0 radical (unpaired) electrons. The second-order valence-electron chi connectivity index (χ2n) is 4.97. The van der Waals surface area contributed by atoms with Crippen LogP contribution in [0.15, 0.2) is 41.4 Å². The Hall–Kier alpha value is -1.79. The van der Waals surface area contributed by atoms with Crippen molar-refractivity contribution in [2.24, 2.45) is 5.73 Å². The summed E-state index contributed by atoms with van der Waals surface area (Å²) in [7, 11) is -2.01. The molecule has 0 saturated heterocycles. The summed E-state index contributed by atoms with van der Waals surface area (Å²) in [5.74, 6) is 0. The molecule has 2 rings (SSSR count). The minimum atomic E-state index is -3.57. The molecule has 0 atom stereocenters. The van der Waals surface area contributed by atoms with Gasteiger partial charge >= 0.3 is 0 Å². The lowest BCUT2D eigenvalue weighted by molar-refractivity contribution is 0.594. The summed E-state index contributed by atoms with van der Waals surface area (Å²) >= 11 is 0. The molecule has 2 N–H and O–H groups in total. The number of aromatic nitrogens is 1. The molecular formula is C15H21N3O2S. The summed E-state index contributed by atoms with van der Waals surface area (Å²) in [5.41, 5.74) is 8.14. The maximum atomic E-state index is 12.7. The lowest BCUT2D eigenvalue weighted by Gasteiger charge is -2.19. The normalized spacial score (nSPS) is 11.6. The van der Waals surface area contributed by atoms with Crippen molar-refractivity contribution in [3.8, 4) is 0 Å². The third-order valence-electron chi connectivity index (χ3n) is 3.53. The van der Waals surface area contributed by atoms with Crippen molar-refractivity contribution in [1.29, 1.82) is 0 Å². The van der Waals surface area contributed by atoms with Crippen LogP contribution in [0, 0.1) is 6.92 Å². The SMILES string of the molecule is CCn1cc(S(=O)(=O)N(C)c2cccc(C)c2)cc1CN. The van der Waals surface area contributed by atoms with E-state index < -0.39 is 10.0 Å². The van der Waals surface area contributed by atoms with E-state index in [1.165, 1.54) is 4.31 Å². The van der Waals surface area contributed by atoms with E-state index in [0.29, 0.717) is 18.8 Å². The van der Waals surface area contributed by atoms with Gasteiger partial charge in [0, 0.05) is 32.0 Å². The number of nitrogens with zero attached hydrogens (tertiary/aromatic N) is 2. The van der Waals surface area contributed by atoms with Crippen molar-refractivity contribution in [2.75, 3.05) is 11.4 Å². The van der Waals surface area contributed by atoms with Crippen LogP contribution in [0.3, 0.4) is 0 Å². The Balaban J connectivity index is 2.44. The topological polar surface area (TPSA) is 68.3 Å². The highest BCUT2D eigenvalue weighted by molar-refractivity contribution is 7.92. The molecule has 1 aromatic carbocycles. The van der Waals surface area contributed by atoms with E-state index >= 15 is 0 Å². The third kappa shape index (κ3) is 2.96. The van der Waals surface area contributed by atoms with E-state index in [1.807, 2.05) is 36.6 Å². The van der Waals surface area contributed by atoms with Crippen LogP contribution in [-0.4, -0.2) is 20.0 Å². The Morgan fingerprint density at radius 1 is 1.29 bits per heavy atom. The molecule has 0 aliphatic carbocycles. The first-order chi connectivity index (χ1) is 9.90. The minimum Gasteiger partial charge on any atom is -0.349 e. The second-order valence-corrected chi connectivity index (χ2v) is 6.94. The molecule has 1 aromatic heterocycles. The van der Waals surface area contributed by atoms with Crippen LogP contribution in [-0.2, 0) is 23.1 Å². The van der Waals surface area contributed by atoms with Gasteiger partial charge in [-0.3, -0.25) is 4.31 Å². The molecule has 0 saturated carbocycles. The minimum absolute atomic E-state index is 0.272. The summed E-state index contributed by atoms with van der Waals surface area (Å²) < 4.78 is 28.6. The first-order valence-electron chi connectivity index (χ1n) is 6.85. The third-order valence-corrected chi connectivity index (χ3v) is 5.29. The highest BCUT2D eigenvalue weighted by atomic mass is 32.2. The van der Waals surface area contributed by atoms with Crippen LogP contribution < -0.4 is 10.0 Å². The largest absolute Gasteiger partial charge is 0.349 e. The molecule has 0 fully saturated rings.